The van der Waals surface area contributed by atoms with Crippen LogP contribution in [0.1, 0.15) is 17.0 Å². The molecule has 6 nitrogen and oxygen atoms in total. The van der Waals surface area contributed by atoms with Gasteiger partial charge >= 0.3 is 0 Å². The van der Waals surface area contributed by atoms with Crippen LogP contribution in [0, 0.1) is 0 Å². The number of sulfonamides is 1. The first kappa shape index (κ1) is 18.4. The van der Waals surface area contributed by atoms with E-state index in [1.54, 1.807) is 17.7 Å². The summed E-state index contributed by atoms with van der Waals surface area (Å²) in [5, 5.41) is 17.2. The van der Waals surface area contributed by atoms with Crippen LogP contribution in [-0.4, -0.2) is 23.1 Å². The van der Waals surface area contributed by atoms with Crippen LogP contribution in [0.15, 0.2) is 83.8 Å². The summed E-state index contributed by atoms with van der Waals surface area (Å²) in [6, 6.07) is 23.0. The predicted octanol–water partition coefficient (Wildman–Crippen LogP) is 2.50. The van der Waals surface area contributed by atoms with E-state index >= 15 is 0 Å². The van der Waals surface area contributed by atoms with Gasteiger partial charge in [-0.2, -0.15) is 0 Å². The first-order valence-electron chi connectivity index (χ1n) is 8.65. The number of fused-ring (bicyclic) bond motifs is 1. The maximum absolute atomic E-state index is 11.9. The molecule has 0 aliphatic heterocycles. The summed E-state index contributed by atoms with van der Waals surface area (Å²) in [4.78, 5) is 4.64. The van der Waals surface area contributed by atoms with Gasteiger partial charge in [-0.3, -0.25) is 0 Å². The van der Waals surface area contributed by atoms with E-state index in [9.17, 15) is 13.5 Å². The molecule has 0 bridgehead atoms. The fraction of sp³-hybridized carbons (Fsp3) is 0.0952. The second-order valence-electron chi connectivity index (χ2n) is 6.63. The Balaban J connectivity index is 2.03. The van der Waals surface area contributed by atoms with Gasteiger partial charge in [-0.05, 0) is 29.3 Å². The molecular formula is C21H19N3O3S. The molecule has 3 N–H and O–H groups in total. The highest BCUT2D eigenvalue weighted by Crippen LogP contribution is 2.37. The number of aryl methyl sites for hydroxylation is 1. The van der Waals surface area contributed by atoms with Gasteiger partial charge in [0.25, 0.3) is 0 Å². The lowest BCUT2D eigenvalue weighted by molar-refractivity contribution is 0.113. The van der Waals surface area contributed by atoms with Crippen LogP contribution in [0.5, 0.6) is 0 Å². The topological polar surface area (TPSA) is 98.2 Å². The number of primary sulfonamides is 1. The fourth-order valence-corrected chi connectivity index (χ4v) is 3.99. The van der Waals surface area contributed by atoms with Crippen molar-refractivity contribution in [3.8, 4) is 0 Å². The first-order valence-corrected chi connectivity index (χ1v) is 10.2. The lowest BCUT2D eigenvalue weighted by Gasteiger charge is -2.29. The summed E-state index contributed by atoms with van der Waals surface area (Å²) in [5.74, 6) is 0.381. The maximum Gasteiger partial charge on any atom is 0.238 e. The van der Waals surface area contributed by atoms with Crippen LogP contribution in [0.4, 0.5) is 0 Å². The Morgan fingerprint density at radius 3 is 1.96 bits per heavy atom. The van der Waals surface area contributed by atoms with Crippen molar-refractivity contribution in [2.45, 2.75) is 10.5 Å². The third-order valence-corrected chi connectivity index (χ3v) is 5.80. The Labute approximate surface area is 162 Å². The van der Waals surface area contributed by atoms with E-state index in [0.717, 1.165) is 0 Å². The number of benzene rings is 3. The van der Waals surface area contributed by atoms with Gasteiger partial charge in [0.1, 0.15) is 0 Å². The van der Waals surface area contributed by atoms with Crippen molar-refractivity contribution >= 4 is 21.1 Å². The Morgan fingerprint density at radius 1 is 0.929 bits per heavy atom. The van der Waals surface area contributed by atoms with Crippen LogP contribution in [0.2, 0.25) is 0 Å². The number of imidazole rings is 1. The molecule has 0 atom stereocenters. The number of nitrogens with two attached hydrogens (primary N) is 1. The summed E-state index contributed by atoms with van der Waals surface area (Å²) in [7, 11) is -2.10. The van der Waals surface area contributed by atoms with Crippen molar-refractivity contribution in [1.29, 1.82) is 0 Å². The minimum absolute atomic E-state index is 0.00230. The molecule has 0 aliphatic carbocycles. The summed E-state index contributed by atoms with van der Waals surface area (Å²) in [6.07, 6.45) is 0. The molecule has 142 valence electrons. The molecule has 0 radical (unpaired) electrons. The number of nitrogens with zero attached hydrogens (tertiary/aromatic N) is 2. The van der Waals surface area contributed by atoms with Crippen molar-refractivity contribution in [3.05, 3.63) is 95.8 Å². The Kier molecular flexibility index (Phi) is 4.30. The van der Waals surface area contributed by atoms with Crippen LogP contribution in [0.3, 0.4) is 0 Å². The maximum atomic E-state index is 11.9. The zero-order chi connectivity index (χ0) is 19.9. The number of hydrogen-bond donors (Lipinski definition) is 2. The smallest absolute Gasteiger partial charge is 0.238 e. The number of aliphatic hydroxyl groups is 1. The monoisotopic (exact) mass is 393 g/mol. The van der Waals surface area contributed by atoms with E-state index in [1.807, 2.05) is 60.7 Å². The molecule has 0 aliphatic rings. The van der Waals surface area contributed by atoms with E-state index in [2.05, 4.69) is 4.98 Å². The summed E-state index contributed by atoms with van der Waals surface area (Å²) < 4.78 is 25.2. The quantitative estimate of drug-likeness (QED) is 0.557. The number of rotatable bonds is 4. The van der Waals surface area contributed by atoms with Gasteiger partial charge in [0, 0.05) is 7.05 Å². The fourth-order valence-electron chi connectivity index (χ4n) is 3.45. The molecule has 1 aromatic heterocycles. The standard InChI is InChI=1S/C21H19N3O3S/c1-24-19-14-17(28(22,26)27)12-13-18(19)23-20(24)21(25,15-8-4-2-5-9-15)16-10-6-3-7-11-16/h2-14,25H,1H3,(H2,22,26,27). The second kappa shape index (κ2) is 6.56. The van der Waals surface area contributed by atoms with E-state index < -0.39 is 15.6 Å². The van der Waals surface area contributed by atoms with E-state index in [1.165, 1.54) is 12.1 Å². The van der Waals surface area contributed by atoms with E-state index in [4.69, 9.17) is 5.14 Å². The summed E-state index contributed by atoms with van der Waals surface area (Å²) in [5.41, 5.74) is 0.928. The Morgan fingerprint density at radius 2 is 1.46 bits per heavy atom. The summed E-state index contributed by atoms with van der Waals surface area (Å²) in [6.45, 7) is 0. The molecule has 1 heterocycles. The average molecular weight is 393 g/mol. The SMILES string of the molecule is Cn1c(C(O)(c2ccccc2)c2ccccc2)nc2ccc(S(N)(=O)=O)cc21. The molecule has 0 saturated heterocycles. The lowest BCUT2D eigenvalue weighted by Crippen LogP contribution is -2.32. The molecule has 0 fully saturated rings. The molecule has 3 aromatic carbocycles. The van der Waals surface area contributed by atoms with Crippen molar-refractivity contribution in [2.24, 2.45) is 12.2 Å². The average Bonchev–Trinajstić information content (AvgIpc) is 3.04. The zero-order valence-electron chi connectivity index (χ0n) is 15.1. The van der Waals surface area contributed by atoms with Gasteiger partial charge in [0.15, 0.2) is 11.4 Å². The highest BCUT2D eigenvalue weighted by molar-refractivity contribution is 7.89. The highest BCUT2D eigenvalue weighted by atomic mass is 32.2. The molecule has 0 amide bonds. The molecule has 4 rings (SSSR count). The normalized spacial score (nSPS) is 12.4. The van der Waals surface area contributed by atoms with E-state index in [0.29, 0.717) is 28.0 Å². The van der Waals surface area contributed by atoms with Gasteiger partial charge in [-0.1, -0.05) is 60.7 Å². The van der Waals surface area contributed by atoms with Gasteiger partial charge in [-0.15, -0.1) is 0 Å². The minimum Gasteiger partial charge on any atom is -0.373 e. The van der Waals surface area contributed by atoms with Gasteiger partial charge in [0.2, 0.25) is 10.0 Å². The molecule has 0 saturated carbocycles. The first-order chi connectivity index (χ1) is 13.3. The van der Waals surface area contributed by atoms with Crippen LogP contribution in [0.25, 0.3) is 11.0 Å². The molecule has 28 heavy (non-hydrogen) atoms. The van der Waals surface area contributed by atoms with Crippen molar-refractivity contribution in [2.75, 3.05) is 0 Å². The Bertz CT molecular complexity index is 1210. The van der Waals surface area contributed by atoms with Crippen LogP contribution >= 0.6 is 0 Å². The second-order valence-corrected chi connectivity index (χ2v) is 8.19. The van der Waals surface area contributed by atoms with E-state index in [-0.39, 0.29) is 4.90 Å². The van der Waals surface area contributed by atoms with Gasteiger partial charge in [0.05, 0.1) is 15.9 Å². The predicted molar refractivity (Wildman–Crippen MR) is 107 cm³/mol. The minimum atomic E-state index is -3.85. The number of hydrogen-bond acceptors (Lipinski definition) is 4. The highest BCUT2D eigenvalue weighted by Gasteiger charge is 2.38. The summed E-state index contributed by atoms with van der Waals surface area (Å²) >= 11 is 0. The van der Waals surface area contributed by atoms with Crippen LogP contribution < -0.4 is 5.14 Å². The lowest BCUT2D eigenvalue weighted by atomic mass is 9.85. The third kappa shape index (κ3) is 2.90. The molecular weight excluding hydrogens is 374 g/mol. The zero-order valence-corrected chi connectivity index (χ0v) is 16.0. The largest absolute Gasteiger partial charge is 0.373 e. The van der Waals surface area contributed by atoms with Gasteiger partial charge < -0.3 is 9.67 Å². The number of aromatic nitrogens is 2. The van der Waals surface area contributed by atoms with Crippen molar-refractivity contribution in [3.63, 3.8) is 0 Å². The van der Waals surface area contributed by atoms with Crippen molar-refractivity contribution in [1.82, 2.24) is 9.55 Å². The third-order valence-electron chi connectivity index (χ3n) is 4.89. The molecule has 0 spiro atoms. The van der Waals surface area contributed by atoms with Crippen LogP contribution in [-0.2, 0) is 22.7 Å². The molecule has 7 heteroatoms. The molecule has 4 aromatic rings. The Hall–Kier alpha value is -3.00. The molecule has 0 unspecified atom stereocenters. The van der Waals surface area contributed by atoms with Gasteiger partial charge in [-0.25, -0.2) is 18.5 Å². The van der Waals surface area contributed by atoms with Crippen molar-refractivity contribution < 1.29 is 13.5 Å².